The molecule has 0 aliphatic carbocycles. The second kappa shape index (κ2) is 4.44. The highest BCUT2D eigenvalue weighted by molar-refractivity contribution is 5.97. The highest BCUT2D eigenvalue weighted by atomic mass is 16.4. The average Bonchev–Trinajstić information content (AvgIpc) is 1.97. The van der Waals surface area contributed by atoms with Crippen LogP contribution in [0.1, 0.15) is 6.42 Å². The van der Waals surface area contributed by atoms with Crippen LogP contribution in [-0.2, 0) is 14.4 Å². The van der Waals surface area contributed by atoms with Crippen LogP contribution in [0.3, 0.4) is 0 Å². The summed E-state index contributed by atoms with van der Waals surface area (Å²) >= 11 is 0. The van der Waals surface area contributed by atoms with E-state index >= 15 is 0 Å². The quantitative estimate of drug-likeness (QED) is 0.511. The zero-order valence-corrected chi connectivity index (χ0v) is 6.64. The minimum absolute atomic E-state index is 0.279. The maximum absolute atomic E-state index is 10.4. The summed E-state index contributed by atoms with van der Waals surface area (Å²) in [6.45, 7) is 3.19. The first-order valence-corrected chi connectivity index (χ1v) is 3.39. The molecule has 0 heterocycles. The summed E-state index contributed by atoms with van der Waals surface area (Å²) in [5, 5.41) is 25.3. The third-order valence-electron chi connectivity index (χ3n) is 1.56. The van der Waals surface area contributed by atoms with Crippen molar-refractivity contribution in [3.05, 3.63) is 6.92 Å². The average molecular weight is 189 g/mol. The fourth-order valence-corrected chi connectivity index (χ4v) is 0.883. The highest BCUT2D eigenvalue weighted by Crippen LogP contribution is 2.16. The van der Waals surface area contributed by atoms with Gasteiger partial charge in [0.05, 0.1) is 5.92 Å². The molecular weight excluding hydrogens is 180 g/mol. The van der Waals surface area contributed by atoms with Crippen LogP contribution in [0.5, 0.6) is 0 Å². The predicted octanol–water partition coefficient (Wildman–Crippen LogP) is -0.303. The van der Waals surface area contributed by atoms with E-state index in [9.17, 15) is 14.4 Å². The molecule has 1 unspecified atom stereocenters. The number of aliphatic carboxylic acids is 3. The topological polar surface area (TPSA) is 112 Å². The van der Waals surface area contributed by atoms with E-state index in [0.717, 1.165) is 0 Å². The Morgan fingerprint density at radius 3 is 1.46 bits per heavy atom. The van der Waals surface area contributed by atoms with Gasteiger partial charge in [-0.3, -0.25) is 14.4 Å². The molecule has 0 saturated heterocycles. The molecule has 6 heteroatoms. The highest BCUT2D eigenvalue weighted by Gasteiger charge is 2.38. The molecule has 1 radical (unpaired) electrons. The van der Waals surface area contributed by atoms with Gasteiger partial charge in [-0.1, -0.05) is 6.92 Å². The first kappa shape index (κ1) is 11.4. The van der Waals surface area contributed by atoms with Crippen LogP contribution in [0.2, 0.25) is 0 Å². The molecule has 1 atom stereocenters. The molecule has 73 valence electrons. The number of hydrogen-bond acceptors (Lipinski definition) is 3. The maximum atomic E-state index is 10.4. The van der Waals surface area contributed by atoms with Crippen LogP contribution in [0, 0.1) is 18.8 Å². The van der Waals surface area contributed by atoms with Gasteiger partial charge in [0.2, 0.25) is 0 Å². The van der Waals surface area contributed by atoms with Gasteiger partial charge in [0.15, 0.2) is 5.92 Å². The normalized spacial score (nSPS) is 12.5. The van der Waals surface area contributed by atoms with Gasteiger partial charge in [0.1, 0.15) is 0 Å². The summed E-state index contributed by atoms with van der Waals surface area (Å²) in [5.41, 5.74) is 0. The van der Waals surface area contributed by atoms with Crippen molar-refractivity contribution < 1.29 is 29.7 Å². The SMILES string of the molecule is [CH2]CC(C(=O)O)C(C(=O)O)C(=O)O. The molecule has 0 spiro atoms. The van der Waals surface area contributed by atoms with Crippen molar-refractivity contribution in [3.63, 3.8) is 0 Å². The van der Waals surface area contributed by atoms with Crippen LogP contribution in [-0.4, -0.2) is 33.2 Å². The molecule has 0 amide bonds. The Morgan fingerprint density at radius 2 is 1.38 bits per heavy atom. The summed E-state index contributed by atoms with van der Waals surface area (Å²) < 4.78 is 0. The first-order chi connectivity index (χ1) is 5.91. The Hall–Kier alpha value is -1.59. The van der Waals surface area contributed by atoms with E-state index in [-0.39, 0.29) is 6.42 Å². The Bertz CT molecular complexity index is 219. The molecular formula is C7H9O6. The smallest absolute Gasteiger partial charge is 0.318 e. The van der Waals surface area contributed by atoms with E-state index in [1.165, 1.54) is 0 Å². The monoisotopic (exact) mass is 189 g/mol. The lowest BCUT2D eigenvalue weighted by Gasteiger charge is -2.13. The summed E-state index contributed by atoms with van der Waals surface area (Å²) in [7, 11) is 0. The largest absolute Gasteiger partial charge is 0.481 e. The summed E-state index contributed by atoms with van der Waals surface area (Å²) in [4.78, 5) is 31.2. The van der Waals surface area contributed by atoms with Crippen molar-refractivity contribution in [2.45, 2.75) is 6.42 Å². The molecule has 0 bridgehead atoms. The van der Waals surface area contributed by atoms with Gasteiger partial charge in [0.25, 0.3) is 0 Å². The second-order valence-corrected chi connectivity index (χ2v) is 2.39. The second-order valence-electron chi connectivity index (χ2n) is 2.39. The number of hydrogen-bond donors (Lipinski definition) is 3. The summed E-state index contributed by atoms with van der Waals surface area (Å²) in [6, 6.07) is 0. The number of carboxylic acid groups (broad SMARTS) is 3. The van der Waals surface area contributed by atoms with E-state index in [4.69, 9.17) is 15.3 Å². The van der Waals surface area contributed by atoms with E-state index < -0.39 is 29.7 Å². The lowest BCUT2D eigenvalue weighted by Crippen LogP contribution is -2.35. The molecule has 6 nitrogen and oxygen atoms in total. The summed E-state index contributed by atoms with van der Waals surface area (Å²) in [5.74, 6) is -8.22. The molecule has 3 N–H and O–H groups in total. The molecule has 13 heavy (non-hydrogen) atoms. The molecule has 0 aliphatic heterocycles. The molecule has 0 aromatic carbocycles. The minimum atomic E-state index is -1.94. The Morgan fingerprint density at radius 1 is 1.00 bits per heavy atom. The molecule has 0 rings (SSSR count). The van der Waals surface area contributed by atoms with Crippen LogP contribution in [0.25, 0.3) is 0 Å². The van der Waals surface area contributed by atoms with Gasteiger partial charge in [-0.2, -0.15) is 0 Å². The number of rotatable bonds is 5. The lowest BCUT2D eigenvalue weighted by atomic mass is 9.90. The van der Waals surface area contributed by atoms with E-state index in [1.54, 1.807) is 0 Å². The van der Waals surface area contributed by atoms with Crippen LogP contribution >= 0.6 is 0 Å². The zero-order chi connectivity index (χ0) is 10.6. The van der Waals surface area contributed by atoms with Crippen molar-refractivity contribution in [3.8, 4) is 0 Å². The zero-order valence-electron chi connectivity index (χ0n) is 6.64. The molecule has 0 aromatic rings. The molecule has 0 fully saturated rings. The van der Waals surface area contributed by atoms with Crippen molar-refractivity contribution in [2.75, 3.05) is 0 Å². The van der Waals surface area contributed by atoms with Crippen molar-refractivity contribution in [1.82, 2.24) is 0 Å². The Labute approximate surface area is 73.8 Å². The van der Waals surface area contributed by atoms with Crippen molar-refractivity contribution in [1.29, 1.82) is 0 Å². The van der Waals surface area contributed by atoms with Gasteiger partial charge in [-0.15, -0.1) is 0 Å². The van der Waals surface area contributed by atoms with Gasteiger partial charge < -0.3 is 15.3 Å². The van der Waals surface area contributed by atoms with Crippen LogP contribution in [0.15, 0.2) is 0 Å². The third kappa shape index (κ3) is 2.73. The van der Waals surface area contributed by atoms with Gasteiger partial charge in [-0.05, 0) is 6.42 Å². The van der Waals surface area contributed by atoms with Gasteiger partial charge in [0, 0.05) is 0 Å². The molecule has 0 saturated carbocycles. The van der Waals surface area contributed by atoms with E-state index in [2.05, 4.69) is 6.92 Å². The molecule has 0 aliphatic rings. The third-order valence-corrected chi connectivity index (χ3v) is 1.56. The van der Waals surface area contributed by atoms with Crippen LogP contribution < -0.4 is 0 Å². The first-order valence-electron chi connectivity index (χ1n) is 3.39. The fraction of sp³-hybridized carbons (Fsp3) is 0.429. The fourth-order valence-electron chi connectivity index (χ4n) is 0.883. The minimum Gasteiger partial charge on any atom is -0.481 e. The Balaban J connectivity index is 4.80. The molecule has 0 aromatic heterocycles. The standard InChI is InChI=1S/C7H9O6/c1-2-3(5(8)9)4(6(10)11)7(12)13/h3-4H,1-2H2,(H,8,9)(H,10,11)(H,12,13). The van der Waals surface area contributed by atoms with Gasteiger partial charge >= 0.3 is 17.9 Å². The van der Waals surface area contributed by atoms with E-state index in [0.29, 0.717) is 0 Å². The maximum Gasteiger partial charge on any atom is 0.318 e. The van der Waals surface area contributed by atoms with Crippen molar-refractivity contribution in [2.24, 2.45) is 11.8 Å². The van der Waals surface area contributed by atoms with Gasteiger partial charge in [-0.25, -0.2) is 0 Å². The van der Waals surface area contributed by atoms with Crippen molar-refractivity contribution >= 4 is 17.9 Å². The lowest BCUT2D eigenvalue weighted by molar-refractivity contribution is -0.164. The van der Waals surface area contributed by atoms with E-state index in [1.807, 2.05) is 0 Å². The van der Waals surface area contributed by atoms with Crippen LogP contribution in [0.4, 0.5) is 0 Å². The summed E-state index contributed by atoms with van der Waals surface area (Å²) in [6.07, 6.45) is -0.279. The predicted molar refractivity (Wildman–Crippen MR) is 39.9 cm³/mol. The number of carboxylic acids is 3. The Kier molecular flexibility index (Phi) is 3.90. The number of carbonyl (C=O) groups is 3.